The molecule has 5 nitrogen and oxygen atoms in total. The summed E-state index contributed by atoms with van der Waals surface area (Å²) in [5.74, 6) is -0.773. The number of furan rings is 1. The van der Waals surface area contributed by atoms with Crippen molar-refractivity contribution in [3.63, 3.8) is 0 Å². The summed E-state index contributed by atoms with van der Waals surface area (Å²) in [4.78, 5) is 21.8. The Balaban J connectivity index is 2.32. The van der Waals surface area contributed by atoms with Gasteiger partial charge in [-0.1, -0.05) is 11.3 Å². The van der Waals surface area contributed by atoms with Crippen LogP contribution in [0.3, 0.4) is 0 Å². The van der Waals surface area contributed by atoms with Crippen LogP contribution in [0.5, 0.6) is 0 Å². The van der Waals surface area contributed by atoms with Gasteiger partial charge in [0.2, 0.25) is 0 Å². The predicted octanol–water partition coefficient (Wildman–Crippen LogP) is 1.25. The van der Waals surface area contributed by atoms with Gasteiger partial charge in [-0.2, -0.15) is 0 Å². The maximum Gasteiger partial charge on any atom is 0.339 e. The zero-order valence-electron chi connectivity index (χ0n) is 7.54. The van der Waals surface area contributed by atoms with Crippen molar-refractivity contribution in [1.82, 2.24) is 4.57 Å². The minimum Gasteiger partial charge on any atom is -0.478 e. The topological polar surface area (TPSA) is 72.4 Å². The molecule has 0 aliphatic carbocycles. The van der Waals surface area contributed by atoms with Gasteiger partial charge in [0.05, 0.1) is 12.8 Å². The first-order chi connectivity index (χ1) is 7.18. The number of carboxylic acid groups (broad SMARTS) is 1. The molecule has 2 heterocycles. The normalized spacial score (nSPS) is 10.4. The number of hydrogen-bond donors (Lipinski definition) is 1. The van der Waals surface area contributed by atoms with E-state index in [1.807, 2.05) is 0 Å². The lowest BCUT2D eigenvalue weighted by atomic mass is 10.2. The highest BCUT2D eigenvalue weighted by Gasteiger charge is 2.13. The Hall–Kier alpha value is -1.82. The van der Waals surface area contributed by atoms with Gasteiger partial charge in [0.25, 0.3) is 0 Å². The molecule has 0 bridgehead atoms. The summed E-state index contributed by atoms with van der Waals surface area (Å²) in [6.45, 7) is 0.150. The minimum atomic E-state index is -1.05. The zero-order valence-corrected chi connectivity index (χ0v) is 8.36. The molecule has 0 aliphatic heterocycles. The molecule has 0 spiro atoms. The fraction of sp³-hybridized carbons (Fsp3) is 0.111. The second kappa shape index (κ2) is 3.74. The SMILES string of the molecule is O=C(O)c1ccoc1Cn1ccsc1=O. The third-order valence-electron chi connectivity index (χ3n) is 1.93. The van der Waals surface area contributed by atoms with Crippen molar-refractivity contribution in [2.45, 2.75) is 6.54 Å². The van der Waals surface area contributed by atoms with Gasteiger partial charge in [-0.05, 0) is 6.07 Å². The van der Waals surface area contributed by atoms with Gasteiger partial charge in [0, 0.05) is 11.6 Å². The average Bonchev–Trinajstić information content (AvgIpc) is 2.77. The van der Waals surface area contributed by atoms with Crippen molar-refractivity contribution in [2.75, 3.05) is 0 Å². The Morgan fingerprint density at radius 3 is 3.00 bits per heavy atom. The molecule has 0 radical (unpaired) electrons. The fourth-order valence-electron chi connectivity index (χ4n) is 1.22. The number of thiazole rings is 1. The van der Waals surface area contributed by atoms with Gasteiger partial charge in [0.15, 0.2) is 0 Å². The summed E-state index contributed by atoms with van der Waals surface area (Å²) >= 11 is 1.06. The van der Waals surface area contributed by atoms with Crippen molar-refractivity contribution in [1.29, 1.82) is 0 Å². The molecule has 2 aromatic rings. The number of carbonyl (C=O) groups is 1. The van der Waals surface area contributed by atoms with Gasteiger partial charge in [-0.15, -0.1) is 0 Å². The molecule has 15 heavy (non-hydrogen) atoms. The van der Waals surface area contributed by atoms with E-state index in [0.29, 0.717) is 0 Å². The fourth-order valence-corrected chi connectivity index (χ4v) is 1.80. The predicted molar refractivity (Wildman–Crippen MR) is 53.3 cm³/mol. The van der Waals surface area contributed by atoms with Crippen LogP contribution in [0.25, 0.3) is 0 Å². The second-order valence-electron chi connectivity index (χ2n) is 2.86. The Morgan fingerprint density at radius 1 is 1.60 bits per heavy atom. The molecule has 0 unspecified atom stereocenters. The Morgan fingerprint density at radius 2 is 2.40 bits per heavy atom. The lowest BCUT2D eigenvalue weighted by molar-refractivity contribution is 0.0694. The largest absolute Gasteiger partial charge is 0.478 e. The van der Waals surface area contributed by atoms with E-state index in [-0.39, 0.29) is 22.7 Å². The molecule has 2 aromatic heterocycles. The van der Waals surface area contributed by atoms with Crippen LogP contribution in [-0.2, 0) is 6.54 Å². The number of aromatic carboxylic acids is 1. The van der Waals surface area contributed by atoms with Crippen LogP contribution in [0.4, 0.5) is 0 Å². The maximum absolute atomic E-state index is 11.2. The van der Waals surface area contributed by atoms with Crippen LogP contribution in [0.2, 0.25) is 0 Å². The van der Waals surface area contributed by atoms with E-state index >= 15 is 0 Å². The van der Waals surface area contributed by atoms with Crippen LogP contribution in [-0.4, -0.2) is 15.6 Å². The third kappa shape index (κ3) is 1.84. The van der Waals surface area contributed by atoms with E-state index < -0.39 is 5.97 Å². The van der Waals surface area contributed by atoms with Crippen molar-refractivity contribution in [3.8, 4) is 0 Å². The molecule has 0 fully saturated rings. The van der Waals surface area contributed by atoms with E-state index in [2.05, 4.69) is 0 Å². The number of rotatable bonds is 3. The number of carboxylic acids is 1. The molecule has 1 N–H and O–H groups in total. The van der Waals surface area contributed by atoms with Crippen molar-refractivity contribution in [2.24, 2.45) is 0 Å². The zero-order chi connectivity index (χ0) is 10.8. The molecular formula is C9H7NO4S. The Bertz CT molecular complexity index is 536. The van der Waals surface area contributed by atoms with Crippen LogP contribution in [0.1, 0.15) is 16.1 Å². The van der Waals surface area contributed by atoms with Crippen molar-refractivity contribution < 1.29 is 14.3 Å². The molecule has 0 aliphatic rings. The maximum atomic E-state index is 11.2. The van der Waals surface area contributed by atoms with Gasteiger partial charge < -0.3 is 9.52 Å². The first-order valence-corrected chi connectivity index (χ1v) is 5.00. The summed E-state index contributed by atoms with van der Waals surface area (Å²) in [6, 6.07) is 1.37. The Kier molecular flexibility index (Phi) is 2.42. The van der Waals surface area contributed by atoms with Gasteiger partial charge >= 0.3 is 10.8 Å². The molecule has 6 heteroatoms. The van der Waals surface area contributed by atoms with E-state index in [1.54, 1.807) is 11.6 Å². The number of nitrogens with zero attached hydrogens (tertiary/aromatic N) is 1. The summed E-state index contributed by atoms with van der Waals surface area (Å²) in [5.41, 5.74) is 0.0908. The highest BCUT2D eigenvalue weighted by molar-refractivity contribution is 7.07. The number of aromatic nitrogens is 1. The third-order valence-corrected chi connectivity index (χ3v) is 2.63. The monoisotopic (exact) mass is 225 g/mol. The lowest BCUT2D eigenvalue weighted by Gasteiger charge is -1.98. The molecule has 0 saturated carbocycles. The first-order valence-electron chi connectivity index (χ1n) is 4.12. The van der Waals surface area contributed by atoms with E-state index in [1.165, 1.54) is 16.9 Å². The highest BCUT2D eigenvalue weighted by Crippen LogP contribution is 2.11. The van der Waals surface area contributed by atoms with Crippen molar-refractivity contribution in [3.05, 3.63) is 44.9 Å². The average molecular weight is 225 g/mol. The summed E-state index contributed by atoms with van der Waals surface area (Å²) in [7, 11) is 0. The molecule has 78 valence electrons. The second-order valence-corrected chi connectivity index (χ2v) is 3.72. The summed E-state index contributed by atoms with van der Waals surface area (Å²) < 4.78 is 6.42. The quantitative estimate of drug-likeness (QED) is 0.853. The van der Waals surface area contributed by atoms with Gasteiger partial charge in [-0.25, -0.2) is 4.79 Å². The van der Waals surface area contributed by atoms with E-state index in [0.717, 1.165) is 11.3 Å². The minimum absolute atomic E-state index is 0.0908. The van der Waals surface area contributed by atoms with Crippen LogP contribution >= 0.6 is 11.3 Å². The summed E-state index contributed by atoms with van der Waals surface area (Å²) in [5, 5.41) is 10.5. The summed E-state index contributed by atoms with van der Waals surface area (Å²) in [6.07, 6.45) is 2.90. The van der Waals surface area contributed by atoms with Gasteiger partial charge in [0.1, 0.15) is 11.3 Å². The molecule has 2 rings (SSSR count). The van der Waals surface area contributed by atoms with Gasteiger partial charge in [-0.3, -0.25) is 9.36 Å². The van der Waals surface area contributed by atoms with Crippen LogP contribution in [0.15, 0.2) is 33.1 Å². The molecule has 0 aromatic carbocycles. The lowest BCUT2D eigenvalue weighted by Crippen LogP contribution is -2.13. The van der Waals surface area contributed by atoms with Crippen LogP contribution in [0, 0.1) is 0 Å². The highest BCUT2D eigenvalue weighted by atomic mass is 32.1. The standard InChI is InChI=1S/C9H7NO4S/c11-8(12)6-1-3-14-7(6)5-10-2-4-15-9(10)13/h1-4H,5H2,(H,11,12). The van der Waals surface area contributed by atoms with E-state index in [9.17, 15) is 9.59 Å². The van der Waals surface area contributed by atoms with Crippen molar-refractivity contribution >= 4 is 17.3 Å². The Labute approximate surface area is 88.2 Å². The first kappa shape index (κ1) is 9.72. The molecule has 0 atom stereocenters. The molecule has 0 amide bonds. The number of hydrogen-bond acceptors (Lipinski definition) is 4. The van der Waals surface area contributed by atoms with E-state index in [4.69, 9.17) is 9.52 Å². The molecular weight excluding hydrogens is 218 g/mol. The molecule has 0 saturated heterocycles. The van der Waals surface area contributed by atoms with Crippen LogP contribution < -0.4 is 4.87 Å². The smallest absolute Gasteiger partial charge is 0.339 e.